The average molecular weight is 263 g/mol. The summed E-state index contributed by atoms with van der Waals surface area (Å²) in [5.74, 6) is 0. The van der Waals surface area contributed by atoms with Gasteiger partial charge in [0.15, 0.2) is 9.76 Å². The van der Waals surface area contributed by atoms with E-state index in [9.17, 15) is 0 Å². The number of alkyl halides is 1. The smallest absolute Gasteiger partial charge is 0.177 e. The average Bonchev–Trinajstić information content (AvgIpc) is 2.42. The van der Waals surface area contributed by atoms with Crippen LogP contribution < -0.4 is 0 Å². The molecular formula is C14H15ClOSi. The van der Waals surface area contributed by atoms with Crippen molar-refractivity contribution in [3.63, 3.8) is 0 Å². The van der Waals surface area contributed by atoms with Crippen LogP contribution in [-0.2, 0) is 4.43 Å². The van der Waals surface area contributed by atoms with E-state index < -0.39 is 9.76 Å². The van der Waals surface area contributed by atoms with Crippen molar-refractivity contribution >= 4 is 21.4 Å². The predicted molar refractivity (Wildman–Crippen MR) is 75.1 cm³/mol. The maximum atomic E-state index is 5.97. The van der Waals surface area contributed by atoms with Crippen LogP contribution in [0.5, 0.6) is 0 Å². The highest BCUT2D eigenvalue weighted by molar-refractivity contribution is 6.45. The molecule has 0 atom stereocenters. The van der Waals surface area contributed by atoms with Gasteiger partial charge in [0, 0.05) is 5.50 Å². The predicted octanol–water partition coefficient (Wildman–Crippen LogP) is 3.07. The molecule has 0 aromatic heterocycles. The molecule has 0 bridgehead atoms. The first-order valence-electron chi connectivity index (χ1n) is 5.69. The molecule has 17 heavy (non-hydrogen) atoms. The minimum Gasteiger partial charge on any atom is -0.412 e. The minimum atomic E-state index is -0.648. The SMILES string of the molecule is ClC[SiH2]OC(c1ccccc1)c1ccccc1. The zero-order valence-corrected chi connectivity index (χ0v) is 11.7. The Bertz CT molecular complexity index is 393. The van der Waals surface area contributed by atoms with E-state index in [0.29, 0.717) is 5.50 Å². The number of benzene rings is 2. The molecule has 2 aromatic rings. The molecule has 0 saturated carbocycles. The van der Waals surface area contributed by atoms with Gasteiger partial charge in [-0.1, -0.05) is 60.7 Å². The minimum absolute atomic E-state index is 0.0304. The largest absolute Gasteiger partial charge is 0.412 e. The van der Waals surface area contributed by atoms with Gasteiger partial charge in [-0.05, 0) is 11.1 Å². The maximum Gasteiger partial charge on any atom is 0.177 e. The number of hydrogen-bond donors (Lipinski definition) is 0. The van der Waals surface area contributed by atoms with Crippen LogP contribution in [-0.4, -0.2) is 15.3 Å². The van der Waals surface area contributed by atoms with Gasteiger partial charge in [-0.25, -0.2) is 0 Å². The van der Waals surface area contributed by atoms with E-state index in [4.69, 9.17) is 16.0 Å². The van der Waals surface area contributed by atoms with Crippen molar-refractivity contribution in [1.29, 1.82) is 0 Å². The van der Waals surface area contributed by atoms with Crippen molar-refractivity contribution in [2.24, 2.45) is 0 Å². The molecule has 0 aliphatic carbocycles. The van der Waals surface area contributed by atoms with E-state index in [1.807, 2.05) is 36.4 Å². The van der Waals surface area contributed by atoms with Crippen molar-refractivity contribution in [2.75, 3.05) is 5.50 Å². The van der Waals surface area contributed by atoms with E-state index in [2.05, 4.69) is 24.3 Å². The first-order chi connectivity index (χ1) is 8.42. The molecule has 0 N–H and O–H groups in total. The summed E-state index contributed by atoms with van der Waals surface area (Å²) in [6.07, 6.45) is 0.0304. The molecule has 0 aliphatic heterocycles. The van der Waals surface area contributed by atoms with Crippen molar-refractivity contribution in [3.8, 4) is 0 Å². The lowest BCUT2D eigenvalue weighted by Gasteiger charge is -2.18. The summed E-state index contributed by atoms with van der Waals surface area (Å²) >= 11 is 5.76. The summed E-state index contributed by atoms with van der Waals surface area (Å²) in [6, 6.07) is 20.6. The van der Waals surface area contributed by atoms with E-state index in [0.717, 1.165) is 0 Å². The Morgan fingerprint density at radius 1 is 0.882 bits per heavy atom. The summed E-state index contributed by atoms with van der Waals surface area (Å²) in [7, 11) is -0.648. The Kier molecular flexibility index (Phi) is 4.80. The van der Waals surface area contributed by atoms with Gasteiger partial charge in [0.05, 0.1) is 6.10 Å². The summed E-state index contributed by atoms with van der Waals surface area (Å²) < 4.78 is 5.97. The van der Waals surface area contributed by atoms with Crippen LogP contribution in [0.15, 0.2) is 60.7 Å². The quantitative estimate of drug-likeness (QED) is 0.594. The molecule has 0 fully saturated rings. The highest BCUT2D eigenvalue weighted by Crippen LogP contribution is 2.25. The van der Waals surface area contributed by atoms with Gasteiger partial charge in [-0.2, -0.15) is 0 Å². The van der Waals surface area contributed by atoms with Crippen LogP contribution in [0.3, 0.4) is 0 Å². The Hall–Kier alpha value is -1.09. The Balaban J connectivity index is 2.26. The third kappa shape index (κ3) is 3.43. The molecular weight excluding hydrogens is 248 g/mol. The van der Waals surface area contributed by atoms with E-state index in [-0.39, 0.29) is 6.10 Å². The van der Waals surface area contributed by atoms with Gasteiger partial charge in [-0.15, -0.1) is 11.6 Å². The summed E-state index contributed by atoms with van der Waals surface area (Å²) in [5.41, 5.74) is 3.03. The van der Waals surface area contributed by atoms with Gasteiger partial charge in [-0.3, -0.25) is 0 Å². The third-order valence-corrected chi connectivity index (χ3v) is 3.75. The molecule has 0 amide bonds. The van der Waals surface area contributed by atoms with Crippen LogP contribution in [0, 0.1) is 0 Å². The molecule has 0 saturated heterocycles. The fourth-order valence-corrected chi connectivity index (χ4v) is 2.78. The normalized spacial score (nSPS) is 11.4. The van der Waals surface area contributed by atoms with Crippen LogP contribution in [0.2, 0.25) is 0 Å². The lowest BCUT2D eigenvalue weighted by Crippen LogP contribution is -2.10. The van der Waals surface area contributed by atoms with Crippen molar-refractivity contribution in [1.82, 2.24) is 0 Å². The van der Waals surface area contributed by atoms with Crippen molar-refractivity contribution < 1.29 is 4.43 Å². The fourth-order valence-electron chi connectivity index (χ4n) is 1.80. The Labute approximate surface area is 109 Å². The highest BCUT2D eigenvalue weighted by atomic mass is 35.5. The molecule has 2 aromatic carbocycles. The standard InChI is InChI=1S/C14H15ClOSi/c15-11-17-16-14(12-7-3-1-4-8-12)13-9-5-2-6-10-13/h1-10,14H,11,17H2. The van der Waals surface area contributed by atoms with Crippen LogP contribution >= 0.6 is 11.6 Å². The summed E-state index contributed by atoms with van der Waals surface area (Å²) in [5, 5.41) is 0. The Morgan fingerprint density at radius 2 is 1.35 bits per heavy atom. The number of hydrogen-bond acceptors (Lipinski definition) is 1. The van der Waals surface area contributed by atoms with Gasteiger partial charge in [0.1, 0.15) is 0 Å². The van der Waals surface area contributed by atoms with Gasteiger partial charge in [0.25, 0.3) is 0 Å². The van der Waals surface area contributed by atoms with Gasteiger partial charge in [0.2, 0.25) is 0 Å². The van der Waals surface area contributed by atoms with Crippen LogP contribution in [0.4, 0.5) is 0 Å². The van der Waals surface area contributed by atoms with Crippen LogP contribution in [0.1, 0.15) is 17.2 Å². The fraction of sp³-hybridized carbons (Fsp3) is 0.143. The monoisotopic (exact) mass is 262 g/mol. The lowest BCUT2D eigenvalue weighted by atomic mass is 10.0. The number of halogens is 1. The third-order valence-electron chi connectivity index (χ3n) is 2.57. The highest BCUT2D eigenvalue weighted by Gasteiger charge is 2.13. The van der Waals surface area contributed by atoms with E-state index in [1.165, 1.54) is 11.1 Å². The first kappa shape index (κ1) is 12.4. The van der Waals surface area contributed by atoms with Crippen LogP contribution in [0.25, 0.3) is 0 Å². The zero-order valence-electron chi connectivity index (χ0n) is 9.55. The topological polar surface area (TPSA) is 9.23 Å². The second-order valence-electron chi connectivity index (χ2n) is 3.76. The second kappa shape index (κ2) is 6.60. The van der Waals surface area contributed by atoms with Crippen molar-refractivity contribution in [3.05, 3.63) is 71.8 Å². The summed E-state index contributed by atoms with van der Waals surface area (Å²) in [4.78, 5) is 0. The lowest BCUT2D eigenvalue weighted by molar-refractivity contribution is 0.263. The number of rotatable bonds is 5. The maximum absolute atomic E-state index is 5.97. The first-order valence-corrected chi connectivity index (χ1v) is 7.80. The molecule has 2 rings (SSSR count). The second-order valence-corrected chi connectivity index (χ2v) is 6.01. The molecule has 0 aliphatic rings. The molecule has 0 heterocycles. The summed E-state index contributed by atoms with van der Waals surface area (Å²) in [6.45, 7) is 0. The Morgan fingerprint density at radius 3 is 1.76 bits per heavy atom. The van der Waals surface area contributed by atoms with E-state index in [1.54, 1.807) is 0 Å². The molecule has 0 unspecified atom stereocenters. The van der Waals surface area contributed by atoms with E-state index >= 15 is 0 Å². The van der Waals surface area contributed by atoms with Crippen molar-refractivity contribution in [2.45, 2.75) is 6.10 Å². The molecule has 3 heteroatoms. The van der Waals surface area contributed by atoms with Gasteiger partial charge < -0.3 is 4.43 Å². The molecule has 1 nitrogen and oxygen atoms in total. The molecule has 0 spiro atoms. The van der Waals surface area contributed by atoms with Gasteiger partial charge >= 0.3 is 0 Å². The zero-order chi connectivity index (χ0) is 11.9. The molecule has 0 radical (unpaired) electrons. The molecule has 88 valence electrons.